The van der Waals surface area contributed by atoms with Crippen LogP contribution in [0.25, 0.3) is 5.69 Å². The molecule has 1 N–H and O–H groups in total. The maximum Gasteiger partial charge on any atom is 0.143 e. The summed E-state index contributed by atoms with van der Waals surface area (Å²) < 4.78 is 1.66. The first-order valence-electron chi connectivity index (χ1n) is 6.40. The highest BCUT2D eigenvalue weighted by Gasteiger charge is 2.04. The third-order valence-electron chi connectivity index (χ3n) is 3.21. The van der Waals surface area contributed by atoms with Gasteiger partial charge in [-0.3, -0.25) is 0 Å². The van der Waals surface area contributed by atoms with Crippen molar-refractivity contribution in [3.05, 3.63) is 30.6 Å². The van der Waals surface area contributed by atoms with Crippen molar-refractivity contribution in [2.45, 2.75) is 26.7 Å². The number of tetrazole rings is 1. The average Bonchev–Trinajstić information content (AvgIpc) is 2.94. The van der Waals surface area contributed by atoms with Crippen molar-refractivity contribution in [1.29, 1.82) is 0 Å². The Kier molecular flexibility index (Phi) is 4.28. The Hall–Kier alpha value is -1.91. The van der Waals surface area contributed by atoms with E-state index in [1.165, 1.54) is 12.8 Å². The van der Waals surface area contributed by atoms with Gasteiger partial charge in [0.25, 0.3) is 0 Å². The van der Waals surface area contributed by atoms with E-state index in [0.29, 0.717) is 0 Å². The van der Waals surface area contributed by atoms with E-state index in [1.807, 2.05) is 12.1 Å². The van der Waals surface area contributed by atoms with Crippen LogP contribution in [-0.4, -0.2) is 26.8 Å². The summed E-state index contributed by atoms with van der Waals surface area (Å²) in [5.41, 5.74) is 2.07. The minimum atomic E-state index is 0.724. The molecule has 0 fully saturated rings. The van der Waals surface area contributed by atoms with Crippen LogP contribution in [0, 0.1) is 5.92 Å². The summed E-state index contributed by atoms with van der Waals surface area (Å²) in [6.07, 6.45) is 4.01. The lowest BCUT2D eigenvalue weighted by Gasteiger charge is -2.14. The molecule has 96 valence electrons. The van der Waals surface area contributed by atoms with Crippen LogP contribution in [0.4, 0.5) is 5.69 Å². The Balaban J connectivity index is 2.04. The van der Waals surface area contributed by atoms with E-state index >= 15 is 0 Å². The molecule has 1 aromatic carbocycles. The van der Waals surface area contributed by atoms with Gasteiger partial charge in [0.2, 0.25) is 0 Å². The van der Waals surface area contributed by atoms with E-state index in [4.69, 9.17) is 0 Å². The monoisotopic (exact) mass is 245 g/mol. The lowest BCUT2D eigenvalue weighted by atomic mass is 10.0. The number of benzene rings is 1. The van der Waals surface area contributed by atoms with Crippen LogP contribution in [0.5, 0.6) is 0 Å². The zero-order chi connectivity index (χ0) is 12.8. The number of hydrogen-bond donors (Lipinski definition) is 1. The van der Waals surface area contributed by atoms with Crippen LogP contribution in [0.15, 0.2) is 30.6 Å². The Morgan fingerprint density at radius 3 is 2.78 bits per heavy atom. The summed E-state index contributed by atoms with van der Waals surface area (Å²) in [6.45, 7) is 5.47. The summed E-state index contributed by atoms with van der Waals surface area (Å²) in [7, 11) is 0. The zero-order valence-corrected chi connectivity index (χ0v) is 10.9. The summed E-state index contributed by atoms with van der Waals surface area (Å²) in [6, 6.07) is 8.11. The van der Waals surface area contributed by atoms with Crippen molar-refractivity contribution >= 4 is 5.69 Å². The maximum atomic E-state index is 3.88. The molecular formula is C13H19N5. The fourth-order valence-corrected chi connectivity index (χ4v) is 1.88. The van der Waals surface area contributed by atoms with Crippen LogP contribution in [0.2, 0.25) is 0 Å². The molecule has 0 radical (unpaired) electrons. The van der Waals surface area contributed by atoms with Crippen LogP contribution in [-0.2, 0) is 0 Å². The van der Waals surface area contributed by atoms with Gasteiger partial charge in [0.1, 0.15) is 6.33 Å². The lowest BCUT2D eigenvalue weighted by molar-refractivity contribution is 0.519. The van der Waals surface area contributed by atoms with Crippen molar-refractivity contribution in [3.8, 4) is 5.69 Å². The van der Waals surface area contributed by atoms with Gasteiger partial charge in [0.15, 0.2) is 0 Å². The third kappa shape index (κ3) is 3.06. The molecule has 1 aromatic heterocycles. The first kappa shape index (κ1) is 12.5. The molecular weight excluding hydrogens is 226 g/mol. The van der Waals surface area contributed by atoms with Gasteiger partial charge in [0.05, 0.1) is 5.69 Å². The van der Waals surface area contributed by atoms with Gasteiger partial charge in [-0.1, -0.05) is 32.8 Å². The van der Waals surface area contributed by atoms with Crippen molar-refractivity contribution in [2.24, 2.45) is 5.92 Å². The first-order chi connectivity index (χ1) is 8.83. The highest BCUT2D eigenvalue weighted by atomic mass is 15.5. The normalized spacial score (nSPS) is 10.8. The number of anilines is 1. The quantitative estimate of drug-likeness (QED) is 0.849. The molecule has 0 spiro atoms. The van der Waals surface area contributed by atoms with Crippen molar-refractivity contribution in [3.63, 3.8) is 0 Å². The smallest absolute Gasteiger partial charge is 0.143 e. The van der Waals surface area contributed by atoms with Gasteiger partial charge in [-0.15, -0.1) is 5.10 Å². The van der Waals surface area contributed by atoms with Gasteiger partial charge >= 0.3 is 0 Å². The van der Waals surface area contributed by atoms with Crippen LogP contribution >= 0.6 is 0 Å². The molecule has 5 nitrogen and oxygen atoms in total. The second kappa shape index (κ2) is 6.14. The fraction of sp³-hybridized carbons (Fsp3) is 0.462. The predicted molar refractivity (Wildman–Crippen MR) is 71.7 cm³/mol. The number of nitrogens with zero attached hydrogens (tertiary/aromatic N) is 4. The molecule has 0 saturated heterocycles. The van der Waals surface area contributed by atoms with Crippen molar-refractivity contribution < 1.29 is 0 Å². The molecule has 2 rings (SSSR count). The largest absolute Gasteiger partial charge is 0.385 e. The Morgan fingerprint density at radius 1 is 1.28 bits per heavy atom. The Morgan fingerprint density at radius 2 is 2.11 bits per heavy atom. The van der Waals surface area contributed by atoms with Crippen molar-refractivity contribution in [1.82, 2.24) is 20.2 Å². The number of aromatic nitrogens is 4. The van der Waals surface area contributed by atoms with E-state index in [2.05, 4.69) is 46.8 Å². The first-order valence-corrected chi connectivity index (χ1v) is 6.40. The highest BCUT2D eigenvalue weighted by molar-refractivity contribution is 5.50. The molecule has 0 atom stereocenters. The number of nitrogens with one attached hydrogen (secondary N) is 1. The third-order valence-corrected chi connectivity index (χ3v) is 3.21. The summed E-state index contributed by atoms with van der Waals surface area (Å²) in [5.74, 6) is 0.724. The van der Waals surface area contributed by atoms with Crippen molar-refractivity contribution in [2.75, 3.05) is 11.9 Å². The fourth-order valence-electron chi connectivity index (χ4n) is 1.88. The lowest BCUT2D eigenvalue weighted by Crippen LogP contribution is -2.12. The van der Waals surface area contributed by atoms with Gasteiger partial charge in [0, 0.05) is 12.2 Å². The SMILES string of the molecule is CCC(CC)CNc1cccc(-n2cnnn2)c1. The molecule has 1 heterocycles. The predicted octanol–water partition coefficient (Wildman–Crippen LogP) is 2.51. The molecule has 0 amide bonds. The number of hydrogen-bond acceptors (Lipinski definition) is 4. The Labute approximate surface area is 107 Å². The summed E-state index contributed by atoms with van der Waals surface area (Å²) >= 11 is 0. The van der Waals surface area contributed by atoms with E-state index in [-0.39, 0.29) is 0 Å². The molecule has 2 aromatic rings. The minimum Gasteiger partial charge on any atom is -0.385 e. The van der Waals surface area contributed by atoms with E-state index in [1.54, 1.807) is 11.0 Å². The number of rotatable bonds is 6. The minimum absolute atomic E-state index is 0.724. The standard InChI is InChI=1S/C13H19N5/c1-3-11(4-2)9-14-12-6-5-7-13(8-12)18-10-15-16-17-18/h5-8,10-11,14H,3-4,9H2,1-2H3. The highest BCUT2D eigenvalue weighted by Crippen LogP contribution is 2.15. The molecule has 5 heteroatoms. The van der Waals surface area contributed by atoms with Gasteiger partial charge < -0.3 is 5.32 Å². The van der Waals surface area contributed by atoms with Crippen LogP contribution in [0.3, 0.4) is 0 Å². The van der Waals surface area contributed by atoms with Gasteiger partial charge in [-0.05, 0) is 34.5 Å². The molecule has 0 saturated carbocycles. The molecule has 0 aliphatic rings. The van der Waals surface area contributed by atoms with Gasteiger partial charge in [-0.25, -0.2) is 4.68 Å². The van der Waals surface area contributed by atoms with Gasteiger partial charge in [-0.2, -0.15) is 0 Å². The molecule has 0 unspecified atom stereocenters. The maximum absolute atomic E-state index is 3.88. The van der Waals surface area contributed by atoms with Crippen LogP contribution in [0.1, 0.15) is 26.7 Å². The zero-order valence-electron chi connectivity index (χ0n) is 10.9. The summed E-state index contributed by atoms with van der Waals surface area (Å²) in [4.78, 5) is 0. The molecule has 18 heavy (non-hydrogen) atoms. The van der Waals surface area contributed by atoms with E-state index in [9.17, 15) is 0 Å². The second-order valence-corrected chi connectivity index (χ2v) is 4.37. The van der Waals surface area contributed by atoms with Crippen LogP contribution < -0.4 is 5.32 Å². The van der Waals surface area contributed by atoms with E-state index in [0.717, 1.165) is 23.8 Å². The molecule has 0 bridgehead atoms. The summed E-state index contributed by atoms with van der Waals surface area (Å²) in [5, 5.41) is 14.6. The average molecular weight is 245 g/mol. The van der Waals surface area contributed by atoms with E-state index < -0.39 is 0 Å². The molecule has 0 aliphatic carbocycles. The second-order valence-electron chi connectivity index (χ2n) is 4.37. The topological polar surface area (TPSA) is 55.6 Å². The Bertz CT molecular complexity index is 462. The molecule has 0 aliphatic heterocycles.